The molecule has 2 heterocycles. The fourth-order valence-electron chi connectivity index (χ4n) is 3.27. The molecule has 82 valence electrons. The second-order valence-corrected chi connectivity index (χ2v) is 4.81. The number of hydrogen-bond donors (Lipinski definition) is 0. The maximum Gasteiger partial charge on any atom is 0.111 e. The third-order valence-electron chi connectivity index (χ3n) is 4.05. The van der Waals surface area contributed by atoms with Gasteiger partial charge in [0.15, 0.2) is 0 Å². The molecule has 0 bridgehead atoms. The van der Waals surface area contributed by atoms with E-state index in [-0.39, 0.29) is 17.0 Å². The molecule has 0 saturated carbocycles. The minimum Gasteiger partial charge on any atom is -1.00 e. The molecule has 0 radical (unpaired) electrons. The van der Waals surface area contributed by atoms with Gasteiger partial charge in [-0.1, -0.05) is 19.9 Å². The molecule has 2 atom stereocenters. The van der Waals surface area contributed by atoms with Crippen LogP contribution in [0.15, 0.2) is 12.2 Å². The molecule has 0 N–H and O–H groups in total. The largest absolute Gasteiger partial charge is 1.00 e. The van der Waals surface area contributed by atoms with E-state index in [2.05, 4.69) is 13.5 Å². The first kappa shape index (κ1) is 12.3. The smallest absolute Gasteiger partial charge is 0.111 e. The van der Waals surface area contributed by atoms with Crippen molar-refractivity contribution in [3.05, 3.63) is 12.2 Å². The first-order chi connectivity index (χ1) is 6.28. The summed E-state index contributed by atoms with van der Waals surface area (Å²) in [5, 5.41) is 0. The minimum atomic E-state index is 0. The van der Waals surface area contributed by atoms with Crippen molar-refractivity contribution in [2.75, 3.05) is 19.6 Å². The Morgan fingerprint density at radius 1 is 1.43 bits per heavy atom. The van der Waals surface area contributed by atoms with Crippen LogP contribution in [0.4, 0.5) is 0 Å². The summed E-state index contributed by atoms with van der Waals surface area (Å²) in [6.45, 7) is 10.8. The highest BCUT2D eigenvalue weighted by molar-refractivity contribution is 5.08. The van der Waals surface area contributed by atoms with Crippen LogP contribution < -0.4 is 17.0 Å². The SMILES string of the molecule is C=C1CC[N+]2(CCCC)CCCC12.[Br-]. The Balaban J connectivity index is 0.000000980. The van der Waals surface area contributed by atoms with Gasteiger partial charge in [-0.15, -0.1) is 0 Å². The van der Waals surface area contributed by atoms with Gasteiger partial charge in [0.25, 0.3) is 0 Å². The summed E-state index contributed by atoms with van der Waals surface area (Å²) in [5.41, 5.74) is 1.55. The summed E-state index contributed by atoms with van der Waals surface area (Å²) in [6, 6.07) is 0.853. The Hall–Kier alpha value is 0.180. The van der Waals surface area contributed by atoms with Crippen molar-refractivity contribution in [3.8, 4) is 0 Å². The van der Waals surface area contributed by atoms with Gasteiger partial charge in [0.1, 0.15) is 6.04 Å². The second-order valence-electron chi connectivity index (χ2n) is 4.81. The zero-order chi connectivity index (χ0) is 9.31. The molecule has 0 amide bonds. The molecule has 2 aliphatic heterocycles. The fourth-order valence-corrected chi connectivity index (χ4v) is 3.27. The van der Waals surface area contributed by atoms with Crippen molar-refractivity contribution in [1.29, 1.82) is 0 Å². The molecular formula is C12H22BrN. The summed E-state index contributed by atoms with van der Waals surface area (Å²) in [5.74, 6) is 0. The van der Waals surface area contributed by atoms with Gasteiger partial charge in [0.05, 0.1) is 19.6 Å². The van der Waals surface area contributed by atoms with E-state index in [9.17, 15) is 0 Å². The molecule has 2 rings (SSSR count). The number of quaternary nitrogens is 1. The Kier molecular flexibility index (Phi) is 4.20. The van der Waals surface area contributed by atoms with E-state index < -0.39 is 0 Å². The Bertz CT molecular complexity index is 214. The molecule has 2 heteroatoms. The van der Waals surface area contributed by atoms with Gasteiger partial charge in [-0.05, 0) is 12.0 Å². The molecule has 0 aromatic rings. The van der Waals surface area contributed by atoms with Crippen LogP contribution in [0.5, 0.6) is 0 Å². The number of unbranched alkanes of at least 4 members (excludes halogenated alkanes) is 1. The van der Waals surface area contributed by atoms with Crippen LogP contribution in [0.2, 0.25) is 0 Å². The molecule has 2 fully saturated rings. The quantitative estimate of drug-likeness (QED) is 0.484. The molecule has 0 spiro atoms. The third kappa shape index (κ3) is 1.92. The lowest BCUT2D eigenvalue weighted by molar-refractivity contribution is -0.924. The third-order valence-corrected chi connectivity index (χ3v) is 4.05. The standard InChI is InChI=1S/C12H22N.BrH/c1-3-4-8-13-9-5-6-12(13)11(2)7-10-13;/h12H,2-10H2,1H3;1H/q+1;/p-1. The lowest BCUT2D eigenvalue weighted by Crippen LogP contribution is -3.00. The zero-order valence-electron chi connectivity index (χ0n) is 9.27. The topological polar surface area (TPSA) is 0 Å². The van der Waals surface area contributed by atoms with Gasteiger partial charge >= 0.3 is 0 Å². The van der Waals surface area contributed by atoms with Gasteiger partial charge in [0.2, 0.25) is 0 Å². The lowest BCUT2D eigenvalue weighted by Gasteiger charge is -2.34. The summed E-state index contributed by atoms with van der Waals surface area (Å²) < 4.78 is 1.41. The molecule has 0 aromatic carbocycles. The highest BCUT2D eigenvalue weighted by Gasteiger charge is 2.46. The van der Waals surface area contributed by atoms with E-state index in [1.165, 1.54) is 56.2 Å². The van der Waals surface area contributed by atoms with Crippen LogP contribution in [-0.2, 0) is 0 Å². The van der Waals surface area contributed by atoms with Crippen molar-refractivity contribution in [2.45, 2.75) is 45.1 Å². The lowest BCUT2D eigenvalue weighted by atomic mass is 10.1. The Labute approximate surface area is 98.5 Å². The Morgan fingerprint density at radius 2 is 2.21 bits per heavy atom. The molecule has 14 heavy (non-hydrogen) atoms. The predicted molar refractivity (Wildman–Crippen MR) is 56.5 cm³/mol. The average molecular weight is 260 g/mol. The van der Waals surface area contributed by atoms with Crippen LogP contribution in [0.25, 0.3) is 0 Å². The fraction of sp³-hybridized carbons (Fsp3) is 0.833. The van der Waals surface area contributed by atoms with Gasteiger partial charge < -0.3 is 21.5 Å². The highest BCUT2D eigenvalue weighted by Crippen LogP contribution is 2.39. The normalized spacial score (nSPS) is 35.5. The van der Waals surface area contributed by atoms with Gasteiger partial charge in [-0.25, -0.2) is 0 Å². The average Bonchev–Trinajstić information content (AvgIpc) is 2.65. The van der Waals surface area contributed by atoms with Gasteiger partial charge in [-0.3, -0.25) is 0 Å². The maximum atomic E-state index is 4.23. The van der Waals surface area contributed by atoms with E-state index >= 15 is 0 Å². The van der Waals surface area contributed by atoms with Crippen molar-refractivity contribution >= 4 is 0 Å². The predicted octanol–water partition coefficient (Wildman–Crippen LogP) is -0.270. The highest BCUT2D eigenvalue weighted by atomic mass is 79.9. The molecule has 0 aliphatic carbocycles. The van der Waals surface area contributed by atoms with Gasteiger partial charge in [-0.2, -0.15) is 0 Å². The summed E-state index contributed by atoms with van der Waals surface area (Å²) in [4.78, 5) is 0. The van der Waals surface area contributed by atoms with E-state index in [0.29, 0.717) is 0 Å². The van der Waals surface area contributed by atoms with Gasteiger partial charge in [0, 0.05) is 19.3 Å². The first-order valence-corrected chi connectivity index (χ1v) is 5.82. The summed E-state index contributed by atoms with van der Waals surface area (Å²) in [7, 11) is 0. The van der Waals surface area contributed by atoms with Crippen LogP contribution >= 0.6 is 0 Å². The number of nitrogens with zero attached hydrogens (tertiary/aromatic N) is 1. The second kappa shape index (κ2) is 4.80. The number of halogens is 1. The van der Waals surface area contributed by atoms with E-state index in [0.717, 1.165) is 6.04 Å². The zero-order valence-corrected chi connectivity index (χ0v) is 10.9. The van der Waals surface area contributed by atoms with Crippen molar-refractivity contribution in [1.82, 2.24) is 0 Å². The number of fused-ring (bicyclic) bond motifs is 1. The first-order valence-electron chi connectivity index (χ1n) is 5.82. The molecule has 2 aliphatic rings. The monoisotopic (exact) mass is 259 g/mol. The molecular weight excluding hydrogens is 238 g/mol. The maximum absolute atomic E-state index is 4.23. The molecule has 1 nitrogen and oxygen atoms in total. The molecule has 2 saturated heterocycles. The van der Waals surface area contributed by atoms with E-state index in [4.69, 9.17) is 0 Å². The molecule has 2 unspecified atom stereocenters. The van der Waals surface area contributed by atoms with E-state index in [1.54, 1.807) is 5.57 Å². The molecule has 0 aromatic heterocycles. The number of hydrogen-bond acceptors (Lipinski definition) is 0. The van der Waals surface area contributed by atoms with Crippen molar-refractivity contribution < 1.29 is 21.5 Å². The van der Waals surface area contributed by atoms with Crippen molar-refractivity contribution in [2.24, 2.45) is 0 Å². The summed E-state index contributed by atoms with van der Waals surface area (Å²) in [6.07, 6.45) is 6.91. The van der Waals surface area contributed by atoms with E-state index in [1.807, 2.05) is 0 Å². The van der Waals surface area contributed by atoms with Crippen LogP contribution in [0, 0.1) is 0 Å². The Morgan fingerprint density at radius 3 is 2.93 bits per heavy atom. The summed E-state index contributed by atoms with van der Waals surface area (Å²) >= 11 is 0. The van der Waals surface area contributed by atoms with Crippen LogP contribution in [0.3, 0.4) is 0 Å². The van der Waals surface area contributed by atoms with Crippen LogP contribution in [-0.4, -0.2) is 30.2 Å². The number of rotatable bonds is 3. The van der Waals surface area contributed by atoms with Crippen molar-refractivity contribution in [3.63, 3.8) is 0 Å². The van der Waals surface area contributed by atoms with Crippen LogP contribution in [0.1, 0.15) is 39.0 Å². The minimum absolute atomic E-state index is 0.